The summed E-state index contributed by atoms with van der Waals surface area (Å²) in [4.78, 5) is 8.10. The molecule has 36 heavy (non-hydrogen) atoms. The van der Waals surface area contributed by atoms with Gasteiger partial charge in [-0.1, -0.05) is 52.7 Å². The molecule has 1 unspecified atom stereocenters. The maximum atomic E-state index is 8.89. The predicted molar refractivity (Wildman–Crippen MR) is 159 cm³/mol. The Morgan fingerprint density at radius 2 is 1.58 bits per heavy atom. The zero-order chi connectivity index (χ0) is 26.8. The molecule has 1 heterocycles. The van der Waals surface area contributed by atoms with Crippen LogP contribution in [0.25, 0.3) is 0 Å². The van der Waals surface area contributed by atoms with Crippen molar-refractivity contribution < 1.29 is 0 Å². The van der Waals surface area contributed by atoms with Gasteiger partial charge in [-0.25, -0.2) is 4.98 Å². The lowest BCUT2D eigenvalue weighted by Gasteiger charge is -2.17. The molecule has 1 aromatic rings. The number of hydrogen-bond donors (Lipinski definition) is 2. The molecule has 1 rings (SSSR count). The first kappa shape index (κ1) is 31.3. The molecule has 0 bridgehead atoms. The molecule has 1 atom stereocenters. The number of aliphatic imine (C=N–C) groups is 1. The molecular formula is C30H45N5S. The number of nitrogens with zero attached hydrogens (tertiary/aromatic N) is 3. The van der Waals surface area contributed by atoms with Gasteiger partial charge in [0.2, 0.25) is 6.19 Å². The summed E-state index contributed by atoms with van der Waals surface area (Å²) >= 11 is 1.76. The van der Waals surface area contributed by atoms with Crippen LogP contribution in [0.4, 0.5) is 5.82 Å². The van der Waals surface area contributed by atoms with Crippen molar-refractivity contribution in [2.75, 3.05) is 16.8 Å². The van der Waals surface area contributed by atoms with Crippen molar-refractivity contribution in [1.29, 1.82) is 5.26 Å². The number of thioether (sulfide) groups is 1. The first-order chi connectivity index (χ1) is 17.2. The van der Waals surface area contributed by atoms with Gasteiger partial charge < -0.3 is 11.1 Å². The van der Waals surface area contributed by atoms with Crippen molar-refractivity contribution in [3.8, 4) is 6.19 Å². The lowest BCUT2D eigenvalue weighted by atomic mass is 10.0. The Balaban J connectivity index is 2.40. The monoisotopic (exact) mass is 507 g/mol. The largest absolute Gasteiger partial charge is 0.385 e. The maximum absolute atomic E-state index is 8.89. The fourth-order valence-corrected chi connectivity index (χ4v) is 4.47. The first-order valence-electron chi connectivity index (χ1n) is 12.8. The zero-order valence-electron chi connectivity index (χ0n) is 23.1. The molecule has 0 spiro atoms. The lowest BCUT2D eigenvalue weighted by molar-refractivity contribution is 0.899. The van der Waals surface area contributed by atoms with Gasteiger partial charge in [-0.2, -0.15) is 22.0 Å². The molecule has 1 aromatic heterocycles. The minimum Gasteiger partial charge on any atom is -0.385 e. The van der Waals surface area contributed by atoms with Crippen molar-refractivity contribution in [2.45, 2.75) is 86.1 Å². The van der Waals surface area contributed by atoms with Gasteiger partial charge in [0.1, 0.15) is 11.7 Å². The van der Waals surface area contributed by atoms with Crippen LogP contribution in [0.2, 0.25) is 0 Å². The molecule has 0 saturated heterocycles. The van der Waals surface area contributed by atoms with Gasteiger partial charge in [-0.15, -0.1) is 0 Å². The lowest BCUT2D eigenvalue weighted by Crippen LogP contribution is -2.38. The van der Waals surface area contributed by atoms with Crippen molar-refractivity contribution in [2.24, 2.45) is 10.7 Å². The number of pyridine rings is 1. The Bertz CT molecular complexity index is 974. The van der Waals surface area contributed by atoms with E-state index in [9.17, 15) is 0 Å². The molecule has 0 amide bonds. The minimum atomic E-state index is -0.242. The quantitative estimate of drug-likeness (QED) is 0.0781. The summed E-state index contributed by atoms with van der Waals surface area (Å²) in [6.07, 6.45) is 19.7. The SMILES string of the molecule is CC(C)=CCC/C(C)=C/CC/C(C)=C/CC/C(C)=C/CSCC(Nc1ccc(C)cn1)C(N)=NC#N. The molecular weight excluding hydrogens is 462 g/mol. The third-order valence-electron chi connectivity index (χ3n) is 5.76. The highest BCUT2D eigenvalue weighted by atomic mass is 32.2. The molecule has 5 nitrogen and oxygen atoms in total. The van der Waals surface area contributed by atoms with Crippen LogP contribution in [0, 0.1) is 18.4 Å². The van der Waals surface area contributed by atoms with Crippen molar-refractivity contribution in [3.05, 3.63) is 70.5 Å². The second-order valence-corrected chi connectivity index (χ2v) is 10.7. The second kappa shape index (κ2) is 18.5. The predicted octanol–water partition coefficient (Wildman–Crippen LogP) is 7.89. The number of rotatable bonds is 16. The van der Waals surface area contributed by atoms with Crippen LogP contribution in [0.15, 0.2) is 69.9 Å². The van der Waals surface area contributed by atoms with E-state index in [1.165, 1.54) is 22.3 Å². The maximum Gasteiger partial charge on any atom is 0.207 e. The van der Waals surface area contributed by atoms with E-state index in [0.29, 0.717) is 5.75 Å². The fourth-order valence-electron chi connectivity index (χ4n) is 3.44. The number of nitrogens with one attached hydrogen (secondary N) is 1. The zero-order valence-corrected chi connectivity index (χ0v) is 23.9. The van der Waals surface area contributed by atoms with Crippen molar-refractivity contribution in [1.82, 2.24) is 4.98 Å². The fraction of sp³-hybridized carbons (Fsp3) is 0.500. The van der Waals surface area contributed by atoms with E-state index in [0.717, 1.165) is 55.7 Å². The summed E-state index contributed by atoms with van der Waals surface area (Å²) in [5.74, 6) is 2.61. The van der Waals surface area contributed by atoms with Gasteiger partial charge >= 0.3 is 0 Å². The molecule has 0 aromatic carbocycles. The topological polar surface area (TPSA) is 87.1 Å². The average Bonchev–Trinajstić information content (AvgIpc) is 2.82. The second-order valence-electron chi connectivity index (χ2n) is 9.64. The molecule has 0 aliphatic carbocycles. The third-order valence-corrected chi connectivity index (χ3v) is 6.73. The Hall–Kier alpha value is -2.78. The van der Waals surface area contributed by atoms with Gasteiger partial charge in [-0.05, 0) is 91.7 Å². The summed E-state index contributed by atoms with van der Waals surface area (Å²) in [5, 5.41) is 12.2. The van der Waals surface area contributed by atoms with Crippen LogP contribution >= 0.6 is 11.8 Å². The Kier molecular flexibility index (Phi) is 16.0. The van der Waals surface area contributed by atoms with E-state index in [-0.39, 0.29) is 11.9 Å². The van der Waals surface area contributed by atoms with Crippen molar-refractivity contribution in [3.63, 3.8) is 0 Å². The number of amidine groups is 1. The summed E-state index contributed by atoms with van der Waals surface area (Å²) in [5.41, 5.74) is 12.9. The summed E-state index contributed by atoms with van der Waals surface area (Å²) in [6, 6.07) is 3.66. The molecule has 0 aliphatic rings. The number of allylic oxidation sites excluding steroid dienone is 7. The van der Waals surface area contributed by atoms with E-state index in [1.807, 2.05) is 19.1 Å². The van der Waals surface area contributed by atoms with Gasteiger partial charge in [-0.3, -0.25) is 0 Å². The van der Waals surface area contributed by atoms with Crippen molar-refractivity contribution >= 4 is 23.4 Å². The van der Waals surface area contributed by atoms with Crippen LogP contribution in [-0.4, -0.2) is 28.4 Å². The van der Waals surface area contributed by atoms with Gasteiger partial charge in [0, 0.05) is 17.7 Å². The van der Waals surface area contributed by atoms with E-state index in [4.69, 9.17) is 11.0 Å². The van der Waals surface area contributed by atoms with E-state index < -0.39 is 0 Å². The Morgan fingerprint density at radius 1 is 1.00 bits per heavy atom. The third kappa shape index (κ3) is 15.3. The van der Waals surface area contributed by atoms with E-state index in [2.05, 4.69) is 74.2 Å². The number of anilines is 1. The summed E-state index contributed by atoms with van der Waals surface area (Å²) in [7, 11) is 0. The highest BCUT2D eigenvalue weighted by Crippen LogP contribution is 2.15. The first-order valence-corrected chi connectivity index (χ1v) is 14.0. The standard InChI is InChI=1S/C30H45N5S/c1-23(2)10-7-11-24(3)12-8-13-25(4)14-9-15-26(5)18-19-36-21-28(30(32)34-22-31)35-29-17-16-27(6)20-33-29/h10,12,14,16-18,20,28H,7-9,11,13,15,19,21H2,1-6H3,(H2,32,34)(H,33,35)/b24-12+,25-14+,26-18+. The smallest absolute Gasteiger partial charge is 0.207 e. The molecule has 196 valence electrons. The van der Waals surface area contributed by atoms with E-state index >= 15 is 0 Å². The Labute approximate surface area is 223 Å². The van der Waals surface area contributed by atoms with Crippen LogP contribution in [0.1, 0.15) is 78.7 Å². The summed E-state index contributed by atoms with van der Waals surface area (Å²) < 4.78 is 0. The van der Waals surface area contributed by atoms with E-state index in [1.54, 1.807) is 24.2 Å². The van der Waals surface area contributed by atoms with Crippen LogP contribution in [0.3, 0.4) is 0 Å². The number of nitriles is 1. The molecule has 0 fully saturated rings. The normalized spacial score (nSPS) is 13.8. The van der Waals surface area contributed by atoms with Gasteiger partial charge in [0.05, 0.1) is 6.04 Å². The Morgan fingerprint density at radius 3 is 2.11 bits per heavy atom. The number of aromatic nitrogens is 1. The highest BCUT2D eigenvalue weighted by Gasteiger charge is 2.14. The van der Waals surface area contributed by atoms with Crippen LogP contribution in [-0.2, 0) is 0 Å². The van der Waals surface area contributed by atoms with Crippen LogP contribution < -0.4 is 11.1 Å². The molecule has 0 saturated carbocycles. The molecule has 3 N–H and O–H groups in total. The molecule has 6 heteroatoms. The number of hydrogen-bond acceptors (Lipinski definition) is 5. The molecule has 0 radical (unpaired) electrons. The van der Waals surface area contributed by atoms with Crippen LogP contribution in [0.5, 0.6) is 0 Å². The minimum absolute atomic E-state index is 0.242. The van der Waals surface area contributed by atoms with Gasteiger partial charge in [0.25, 0.3) is 0 Å². The highest BCUT2D eigenvalue weighted by molar-refractivity contribution is 7.99. The van der Waals surface area contributed by atoms with Gasteiger partial charge in [0.15, 0.2) is 0 Å². The number of nitrogens with two attached hydrogens (primary N) is 1. The number of aryl methyl sites for hydroxylation is 1. The average molecular weight is 508 g/mol. The summed E-state index contributed by atoms with van der Waals surface area (Å²) in [6.45, 7) is 13.0. The molecule has 0 aliphatic heterocycles.